The van der Waals surface area contributed by atoms with E-state index in [2.05, 4.69) is 78.3 Å². The van der Waals surface area contributed by atoms with Crippen molar-refractivity contribution in [3.8, 4) is 0 Å². The maximum absolute atomic E-state index is 12.1. The highest BCUT2D eigenvalue weighted by atomic mass is 16.6. The Morgan fingerprint density at radius 2 is 1.32 bits per heavy atom. The number of ether oxygens (including phenoxy) is 1. The molecule has 6 N–H and O–H groups in total. The monoisotopic (exact) mass is 534 g/mol. The van der Waals surface area contributed by atoms with Crippen LogP contribution in [-0.4, -0.2) is 76.0 Å². The lowest BCUT2D eigenvalue weighted by molar-refractivity contribution is -0.253. The number of carbonyl (C=O) groups excluding carboxylic acids is 2. The largest absolute Gasteiger partial charge is 0.394 e. The average Bonchev–Trinajstić information content (AvgIpc) is 2.90. The molecule has 0 radical (unpaired) electrons. The summed E-state index contributed by atoms with van der Waals surface area (Å²) in [5.41, 5.74) is 0. The number of hydrogen-bond acceptors (Lipinski definition) is 7. The molecule has 0 unspecified atom stereocenters. The molecule has 0 aromatic carbocycles. The third kappa shape index (κ3) is 15.0. The third-order valence-corrected chi connectivity index (χ3v) is 5.83. The summed E-state index contributed by atoms with van der Waals surface area (Å²) in [5, 5.41) is 43.9. The number of allylic oxidation sites excluding steroid dienone is 10. The van der Waals surface area contributed by atoms with Crippen molar-refractivity contribution in [2.24, 2.45) is 0 Å². The Morgan fingerprint density at radius 1 is 0.763 bits per heavy atom. The molecule has 1 fully saturated rings. The molecule has 1 saturated heterocycles. The molecule has 38 heavy (non-hydrogen) atoms. The van der Waals surface area contributed by atoms with Crippen LogP contribution in [0.4, 0.5) is 0 Å². The van der Waals surface area contributed by atoms with Gasteiger partial charge in [-0.1, -0.05) is 67.7 Å². The number of nitrogens with one attached hydrogen (secondary N) is 2. The number of rotatable bonds is 18. The van der Waals surface area contributed by atoms with Gasteiger partial charge < -0.3 is 35.8 Å². The van der Waals surface area contributed by atoms with E-state index >= 15 is 0 Å². The standard InChI is InChI=1S/C29H46N2O7/c1-2-3-4-5-6-7-8-9-10-11-12-13-14-15-16-17-18-19-24(33)30-21-20-25(34)31-26-28(36)27(35)23(22-32)38-29(26)37/h3-4,6-7,9-10,12-13,15-16,23,26-29,32,35-37H,2,5,8,11,14,17-22H2,1H3,(H,30,33)(H,31,34)/b4-3-,7-6-,10-9-,13-12-,16-15-/t23-,26-,27-,28-,29-/m1/s1. The second-order valence-corrected chi connectivity index (χ2v) is 9.02. The number of amides is 2. The fourth-order valence-corrected chi connectivity index (χ4v) is 3.66. The molecule has 0 spiro atoms. The molecule has 2 amide bonds. The van der Waals surface area contributed by atoms with Gasteiger partial charge in [-0.05, 0) is 44.9 Å². The number of aliphatic hydroxyl groups is 4. The Kier molecular flexibility index (Phi) is 18.8. The van der Waals surface area contributed by atoms with Crippen LogP contribution in [0.3, 0.4) is 0 Å². The van der Waals surface area contributed by atoms with Crippen LogP contribution in [0, 0.1) is 0 Å². The van der Waals surface area contributed by atoms with E-state index in [9.17, 15) is 24.9 Å². The van der Waals surface area contributed by atoms with Gasteiger partial charge in [-0.15, -0.1) is 0 Å². The Bertz CT molecular complexity index is 807. The van der Waals surface area contributed by atoms with Crippen molar-refractivity contribution in [2.75, 3.05) is 13.2 Å². The summed E-state index contributed by atoms with van der Waals surface area (Å²) in [4.78, 5) is 24.0. The Morgan fingerprint density at radius 3 is 1.87 bits per heavy atom. The van der Waals surface area contributed by atoms with Gasteiger partial charge >= 0.3 is 0 Å². The molecule has 1 rings (SSSR count). The SMILES string of the molecule is CC/C=C\C/C=C\C/C=C\C/C=C\C/C=C\CCCC(=O)NCCC(=O)N[C@@H]1[C@@H](O)[C@H](O)[C@@H](CO)O[C@H]1O. The first-order chi connectivity index (χ1) is 18.4. The minimum Gasteiger partial charge on any atom is -0.394 e. The number of unbranched alkanes of at least 4 members (excludes halogenated alkanes) is 1. The molecule has 0 aromatic heterocycles. The molecule has 1 heterocycles. The van der Waals surface area contributed by atoms with E-state index in [1.54, 1.807) is 0 Å². The quantitative estimate of drug-likeness (QED) is 0.117. The minimum absolute atomic E-state index is 0.0595. The van der Waals surface area contributed by atoms with Crippen LogP contribution in [0.15, 0.2) is 60.8 Å². The van der Waals surface area contributed by atoms with Gasteiger partial charge in [0.1, 0.15) is 24.4 Å². The average molecular weight is 535 g/mol. The Labute approximate surface area is 226 Å². The molecule has 214 valence electrons. The van der Waals surface area contributed by atoms with Gasteiger partial charge in [-0.2, -0.15) is 0 Å². The van der Waals surface area contributed by atoms with Crippen LogP contribution in [0.2, 0.25) is 0 Å². The molecule has 9 heteroatoms. The van der Waals surface area contributed by atoms with Crippen LogP contribution in [0.1, 0.15) is 64.7 Å². The van der Waals surface area contributed by atoms with Crippen molar-refractivity contribution in [1.29, 1.82) is 0 Å². The second kappa shape index (κ2) is 21.4. The summed E-state index contributed by atoms with van der Waals surface area (Å²) < 4.78 is 4.99. The second-order valence-electron chi connectivity index (χ2n) is 9.02. The van der Waals surface area contributed by atoms with Gasteiger partial charge in [-0.25, -0.2) is 0 Å². The summed E-state index contributed by atoms with van der Waals surface area (Å²) in [7, 11) is 0. The smallest absolute Gasteiger partial charge is 0.222 e. The van der Waals surface area contributed by atoms with Gasteiger partial charge in [0.05, 0.1) is 6.61 Å². The Hall–Kier alpha value is -2.56. The van der Waals surface area contributed by atoms with Crippen LogP contribution in [0.5, 0.6) is 0 Å². The van der Waals surface area contributed by atoms with Gasteiger partial charge in [0.15, 0.2) is 6.29 Å². The molecule has 1 aliphatic heterocycles. The van der Waals surface area contributed by atoms with Gasteiger partial charge in [0.25, 0.3) is 0 Å². The van der Waals surface area contributed by atoms with Crippen molar-refractivity contribution >= 4 is 11.8 Å². The predicted octanol–water partition coefficient (Wildman–Crippen LogP) is 2.33. The van der Waals surface area contributed by atoms with Crippen molar-refractivity contribution in [3.05, 3.63) is 60.8 Å². The van der Waals surface area contributed by atoms with E-state index < -0.39 is 43.2 Å². The van der Waals surface area contributed by atoms with Crippen LogP contribution < -0.4 is 10.6 Å². The lowest BCUT2D eigenvalue weighted by Crippen LogP contribution is -2.64. The lowest BCUT2D eigenvalue weighted by atomic mass is 9.97. The molecule has 0 aliphatic carbocycles. The lowest BCUT2D eigenvalue weighted by Gasteiger charge is -2.40. The minimum atomic E-state index is -1.57. The molecule has 9 nitrogen and oxygen atoms in total. The molecular formula is C29H46N2O7. The first kappa shape index (κ1) is 33.5. The predicted molar refractivity (Wildman–Crippen MR) is 148 cm³/mol. The van der Waals surface area contributed by atoms with E-state index in [0.717, 1.165) is 38.5 Å². The summed E-state index contributed by atoms with van der Waals surface area (Å²) in [6.45, 7) is 1.66. The highest BCUT2D eigenvalue weighted by Crippen LogP contribution is 2.19. The van der Waals surface area contributed by atoms with Crippen molar-refractivity contribution in [2.45, 2.75) is 95.4 Å². The van der Waals surface area contributed by atoms with Crippen LogP contribution >= 0.6 is 0 Å². The van der Waals surface area contributed by atoms with E-state index in [0.29, 0.717) is 12.8 Å². The van der Waals surface area contributed by atoms with E-state index in [4.69, 9.17) is 9.84 Å². The van der Waals surface area contributed by atoms with E-state index in [-0.39, 0.29) is 18.9 Å². The first-order valence-corrected chi connectivity index (χ1v) is 13.5. The van der Waals surface area contributed by atoms with Crippen LogP contribution in [0.25, 0.3) is 0 Å². The molecule has 0 aromatic rings. The number of carbonyl (C=O) groups is 2. The molecule has 5 atom stereocenters. The van der Waals surface area contributed by atoms with Crippen molar-refractivity contribution in [3.63, 3.8) is 0 Å². The fraction of sp³-hybridized carbons (Fsp3) is 0.586. The molecule has 0 bridgehead atoms. The maximum atomic E-state index is 12.1. The normalized spacial score (nSPS) is 24.4. The van der Waals surface area contributed by atoms with Gasteiger partial charge in [0.2, 0.25) is 11.8 Å². The third-order valence-electron chi connectivity index (χ3n) is 5.83. The molecule has 1 aliphatic rings. The maximum Gasteiger partial charge on any atom is 0.222 e. The summed E-state index contributed by atoms with van der Waals surface area (Å²) in [5.74, 6) is -0.683. The summed E-state index contributed by atoms with van der Waals surface area (Å²) in [6, 6.07) is -1.24. The zero-order valence-electron chi connectivity index (χ0n) is 22.5. The van der Waals surface area contributed by atoms with Crippen LogP contribution in [-0.2, 0) is 14.3 Å². The number of hydrogen-bond donors (Lipinski definition) is 6. The summed E-state index contributed by atoms with van der Waals surface area (Å²) in [6.07, 6.45) is 22.3. The molecule has 0 saturated carbocycles. The summed E-state index contributed by atoms with van der Waals surface area (Å²) >= 11 is 0. The zero-order chi connectivity index (χ0) is 28.0. The van der Waals surface area contributed by atoms with E-state index in [1.807, 2.05) is 0 Å². The topological polar surface area (TPSA) is 148 Å². The van der Waals surface area contributed by atoms with Gasteiger partial charge in [-0.3, -0.25) is 9.59 Å². The first-order valence-electron chi connectivity index (χ1n) is 13.5. The number of aliphatic hydroxyl groups excluding tert-OH is 4. The molecular weight excluding hydrogens is 488 g/mol. The fourth-order valence-electron chi connectivity index (χ4n) is 3.66. The highest BCUT2D eigenvalue weighted by Gasteiger charge is 2.44. The zero-order valence-corrected chi connectivity index (χ0v) is 22.5. The Balaban J connectivity index is 2.06. The van der Waals surface area contributed by atoms with E-state index in [1.165, 1.54) is 0 Å². The van der Waals surface area contributed by atoms with Crippen molar-refractivity contribution in [1.82, 2.24) is 10.6 Å². The van der Waals surface area contributed by atoms with Gasteiger partial charge in [0, 0.05) is 19.4 Å². The highest BCUT2D eigenvalue weighted by molar-refractivity contribution is 5.79. The van der Waals surface area contributed by atoms with Crippen molar-refractivity contribution < 1.29 is 34.8 Å².